The highest BCUT2D eigenvalue weighted by atomic mass is 16.5. The molecule has 1 spiro atoms. The second kappa shape index (κ2) is 4.84. The van der Waals surface area contributed by atoms with Gasteiger partial charge in [-0.1, -0.05) is 33.1 Å². The van der Waals surface area contributed by atoms with Crippen LogP contribution in [0.25, 0.3) is 0 Å². The average molecular weight is 211 g/mol. The number of hydrogen-bond donors (Lipinski definition) is 1. The molecule has 0 aromatic heterocycles. The lowest BCUT2D eigenvalue weighted by molar-refractivity contribution is -0.0627. The molecular weight excluding hydrogens is 186 g/mol. The van der Waals surface area contributed by atoms with E-state index in [1.807, 2.05) is 0 Å². The topological polar surface area (TPSA) is 21.3 Å². The molecule has 1 aliphatic heterocycles. The molecule has 2 rings (SSSR count). The fourth-order valence-corrected chi connectivity index (χ4v) is 2.97. The Hall–Kier alpha value is -0.0800. The molecule has 1 saturated carbocycles. The second-order valence-electron chi connectivity index (χ2n) is 5.59. The van der Waals surface area contributed by atoms with Gasteiger partial charge in [-0.05, 0) is 25.7 Å². The van der Waals surface area contributed by atoms with Gasteiger partial charge in [-0.15, -0.1) is 0 Å². The smallest absolute Gasteiger partial charge is 0.0708 e. The first-order chi connectivity index (χ1) is 7.20. The van der Waals surface area contributed by atoms with Gasteiger partial charge in [-0.25, -0.2) is 0 Å². The first-order valence-electron chi connectivity index (χ1n) is 6.61. The highest BCUT2D eigenvalue weighted by molar-refractivity contribution is 4.91. The van der Waals surface area contributed by atoms with Crippen LogP contribution in [0.1, 0.15) is 58.8 Å². The van der Waals surface area contributed by atoms with Crippen LogP contribution in [-0.4, -0.2) is 24.3 Å². The van der Waals surface area contributed by atoms with Crippen LogP contribution < -0.4 is 5.32 Å². The van der Waals surface area contributed by atoms with E-state index in [2.05, 4.69) is 19.2 Å². The standard InChI is InChI=1S/C13H25NO/c1-11(2)14-10-12-6-9-13(15-12)7-4-3-5-8-13/h11-12,14H,3-10H2,1-2H3. The molecule has 2 aliphatic rings. The van der Waals surface area contributed by atoms with E-state index in [-0.39, 0.29) is 0 Å². The van der Waals surface area contributed by atoms with Crippen LogP contribution in [0.15, 0.2) is 0 Å². The molecule has 2 nitrogen and oxygen atoms in total. The van der Waals surface area contributed by atoms with Crippen molar-refractivity contribution in [2.24, 2.45) is 0 Å². The molecule has 0 aromatic carbocycles. The molecule has 0 bridgehead atoms. The van der Waals surface area contributed by atoms with Gasteiger partial charge >= 0.3 is 0 Å². The van der Waals surface area contributed by atoms with Crippen molar-refractivity contribution in [2.75, 3.05) is 6.54 Å². The molecule has 0 amide bonds. The van der Waals surface area contributed by atoms with E-state index in [0.29, 0.717) is 17.7 Å². The Morgan fingerprint density at radius 1 is 1.20 bits per heavy atom. The van der Waals surface area contributed by atoms with Gasteiger partial charge in [0.2, 0.25) is 0 Å². The maximum atomic E-state index is 6.28. The van der Waals surface area contributed by atoms with Gasteiger partial charge in [0, 0.05) is 12.6 Å². The third-order valence-corrected chi connectivity index (χ3v) is 3.86. The summed E-state index contributed by atoms with van der Waals surface area (Å²) < 4.78 is 6.28. The summed E-state index contributed by atoms with van der Waals surface area (Å²) in [6, 6.07) is 0.580. The van der Waals surface area contributed by atoms with Gasteiger partial charge in [0.1, 0.15) is 0 Å². The summed E-state index contributed by atoms with van der Waals surface area (Å²) >= 11 is 0. The van der Waals surface area contributed by atoms with Crippen LogP contribution in [0.4, 0.5) is 0 Å². The molecule has 1 atom stereocenters. The molecule has 2 heteroatoms. The minimum atomic E-state index is 0.293. The van der Waals surface area contributed by atoms with Crippen LogP contribution in [-0.2, 0) is 4.74 Å². The van der Waals surface area contributed by atoms with Gasteiger partial charge < -0.3 is 10.1 Å². The zero-order chi connectivity index (χ0) is 10.7. The van der Waals surface area contributed by atoms with E-state index in [9.17, 15) is 0 Å². The summed E-state index contributed by atoms with van der Waals surface area (Å²) in [4.78, 5) is 0. The lowest BCUT2D eigenvalue weighted by Crippen LogP contribution is -2.36. The normalized spacial score (nSPS) is 30.2. The summed E-state index contributed by atoms with van der Waals surface area (Å²) in [6.45, 7) is 5.44. The molecule has 0 radical (unpaired) electrons. The van der Waals surface area contributed by atoms with E-state index >= 15 is 0 Å². The molecule has 1 N–H and O–H groups in total. The average Bonchev–Trinajstić information content (AvgIpc) is 2.60. The fraction of sp³-hybridized carbons (Fsp3) is 1.00. The van der Waals surface area contributed by atoms with Crippen LogP contribution in [0.3, 0.4) is 0 Å². The highest BCUT2D eigenvalue weighted by Crippen LogP contribution is 2.41. The van der Waals surface area contributed by atoms with Crippen molar-refractivity contribution in [3.63, 3.8) is 0 Å². The summed E-state index contributed by atoms with van der Waals surface area (Å²) in [5.74, 6) is 0. The van der Waals surface area contributed by atoms with Crippen LogP contribution in [0.2, 0.25) is 0 Å². The van der Waals surface area contributed by atoms with Crippen LogP contribution in [0.5, 0.6) is 0 Å². The van der Waals surface area contributed by atoms with Gasteiger partial charge in [-0.2, -0.15) is 0 Å². The van der Waals surface area contributed by atoms with Crippen LogP contribution >= 0.6 is 0 Å². The first kappa shape index (κ1) is 11.4. The van der Waals surface area contributed by atoms with E-state index in [4.69, 9.17) is 4.74 Å². The highest BCUT2D eigenvalue weighted by Gasteiger charge is 2.40. The first-order valence-corrected chi connectivity index (χ1v) is 6.61. The van der Waals surface area contributed by atoms with Crippen molar-refractivity contribution in [1.82, 2.24) is 5.32 Å². The van der Waals surface area contributed by atoms with Crippen molar-refractivity contribution in [3.05, 3.63) is 0 Å². The van der Waals surface area contributed by atoms with Crippen LogP contribution in [0, 0.1) is 0 Å². The molecule has 15 heavy (non-hydrogen) atoms. The second-order valence-corrected chi connectivity index (χ2v) is 5.59. The maximum Gasteiger partial charge on any atom is 0.0708 e. The predicted octanol–water partition coefficient (Wildman–Crippen LogP) is 2.87. The SMILES string of the molecule is CC(C)NCC1CCC2(CCCCC2)O1. The monoisotopic (exact) mass is 211 g/mol. The third-order valence-electron chi connectivity index (χ3n) is 3.86. The minimum Gasteiger partial charge on any atom is -0.370 e. The van der Waals surface area contributed by atoms with E-state index in [1.165, 1.54) is 44.9 Å². The molecule has 0 aromatic rings. The Labute approximate surface area is 93.8 Å². The van der Waals surface area contributed by atoms with E-state index in [0.717, 1.165) is 6.54 Å². The van der Waals surface area contributed by atoms with E-state index < -0.39 is 0 Å². The minimum absolute atomic E-state index is 0.293. The van der Waals surface area contributed by atoms with E-state index in [1.54, 1.807) is 0 Å². The quantitative estimate of drug-likeness (QED) is 0.775. The Morgan fingerprint density at radius 3 is 2.60 bits per heavy atom. The Morgan fingerprint density at radius 2 is 1.93 bits per heavy atom. The largest absolute Gasteiger partial charge is 0.370 e. The zero-order valence-corrected chi connectivity index (χ0v) is 10.2. The van der Waals surface area contributed by atoms with Gasteiger partial charge in [0.25, 0.3) is 0 Å². The number of rotatable bonds is 3. The summed E-state index contributed by atoms with van der Waals surface area (Å²) in [5, 5.41) is 3.48. The Bertz CT molecular complexity index is 197. The predicted molar refractivity (Wildman–Crippen MR) is 63.1 cm³/mol. The van der Waals surface area contributed by atoms with Crippen molar-refractivity contribution >= 4 is 0 Å². The number of ether oxygens (including phenoxy) is 1. The fourth-order valence-electron chi connectivity index (χ4n) is 2.97. The Kier molecular flexibility index (Phi) is 3.68. The molecule has 2 fully saturated rings. The van der Waals surface area contributed by atoms with Crippen molar-refractivity contribution in [1.29, 1.82) is 0 Å². The molecule has 88 valence electrons. The molecular formula is C13H25NO. The van der Waals surface area contributed by atoms with Crippen molar-refractivity contribution in [3.8, 4) is 0 Å². The summed E-state index contributed by atoms with van der Waals surface area (Å²) in [7, 11) is 0. The molecule has 1 unspecified atom stereocenters. The molecule has 1 aliphatic carbocycles. The maximum absolute atomic E-state index is 6.28. The number of nitrogens with one attached hydrogen (secondary N) is 1. The molecule has 1 saturated heterocycles. The van der Waals surface area contributed by atoms with Gasteiger partial charge in [0.05, 0.1) is 11.7 Å². The van der Waals surface area contributed by atoms with Gasteiger partial charge in [-0.3, -0.25) is 0 Å². The van der Waals surface area contributed by atoms with Crippen molar-refractivity contribution < 1.29 is 4.74 Å². The zero-order valence-electron chi connectivity index (χ0n) is 10.2. The summed E-state index contributed by atoms with van der Waals surface area (Å²) in [6.07, 6.45) is 9.84. The lowest BCUT2D eigenvalue weighted by atomic mass is 9.83. The molecule has 1 heterocycles. The lowest BCUT2D eigenvalue weighted by Gasteiger charge is -2.33. The third kappa shape index (κ3) is 2.94. The van der Waals surface area contributed by atoms with Crippen molar-refractivity contribution in [2.45, 2.75) is 76.5 Å². The Balaban J connectivity index is 1.78. The summed E-state index contributed by atoms with van der Waals surface area (Å²) in [5.41, 5.74) is 0.293. The van der Waals surface area contributed by atoms with Gasteiger partial charge in [0.15, 0.2) is 0 Å². The number of hydrogen-bond acceptors (Lipinski definition) is 2.